The highest BCUT2D eigenvalue weighted by Gasteiger charge is 2.20. The molecule has 0 radical (unpaired) electrons. The van der Waals surface area contributed by atoms with Crippen LogP contribution in [0.4, 0.5) is 5.69 Å². The van der Waals surface area contributed by atoms with E-state index in [0.717, 1.165) is 21.6 Å². The summed E-state index contributed by atoms with van der Waals surface area (Å²) in [7, 11) is 0. The minimum atomic E-state index is 0.0103. The summed E-state index contributed by atoms with van der Waals surface area (Å²) in [5.74, 6) is 0. The summed E-state index contributed by atoms with van der Waals surface area (Å²) in [5, 5.41) is 2.94. The maximum Gasteiger partial charge on any atom is 0.129 e. The molecule has 0 unspecified atom stereocenters. The molecule has 0 aliphatic rings. The first-order valence-corrected chi connectivity index (χ1v) is 5.36. The number of nitrogen functional groups attached to an aromatic ring is 1. The predicted molar refractivity (Wildman–Crippen MR) is 60.5 cm³/mol. The van der Waals surface area contributed by atoms with E-state index in [4.69, 9.17) is 5.73 Å². The molecule has 3 nitrogen and oxygen atoms in total. The summed E-state index contributed by atoms with van der Waals surface area (Å²) in [6.07, 6.45) is 1.61. The molecule has 0 aliphatic heterocycles. The van der Waals surface area contributed by atoms with Gasteiger partial charge in [0.1, 0.15) is 11.2 Å². The Hall–Kier alpha value is -1.16. The maximum atomic E-state index is 5.90. The molecule has 0 fully saturated rings. The van der Waals surface area contributed by atoms with Crippen molar-refractivity contribution < 1.29 is 0 Å². The first-order chi connectivity index (χ1) is 6.50. The minimum Gasteiger partial charge on any atom is -0.397 e. The van der Waals surface area contributed by atoms with Crippen LogP contribution in [0, 0.1) is 0 Å². The van der Waals surface area contributed by atoms with Crippen molar-refractivity contribution in [2.75, 3.05) is 5.73 Å². The van der Waals surface area contributed by atoms with Crippen LogP contribution in [0.5, 0.6) is 0 Å². The van der Waals surface area contributed by atoms with Gasteiger partial charge in [-0.1, -0.05) is 20.8 Å². The molecule has 0 aliphatic carbocycles. The number of aromatic nitrogens is 2. The van der Waals surface area contributed by atoms with Crippen LogP contribution in [0.15, 0.2) is 11.7 Å². The highest BCUT2D eigenvalue weighted by atomic mass is 32.1. The van der Waals surface area contributed by atoms with Gasteiger partial charge in [-0.25, -0.2) is 9.97 Å². The smallest absolute Gasteiger partial charge is 0.129 e. The molecule has 0 saturated carbocycles. The Kier molecular flexibility index (Phi) is 1.96. The quantitative estimate of drug-likeness (QED) is 0.722. The fourth-order valence-corrected chi connectivity index (χ4v) is 2.26. The lowest BCUT2D eigenvalue weighted by molar-refractivity contribution is 0.574. The van der Waals surface area contributed by atoms with Crippen molar-refractivity contribution in [1.82, 2.24) is 9.97 Å². The van der Waals surface area contributed by atoms with Crippen LogP contribution in [-0.4, -0.2) is 9.97 Å². The van der Waals surface area contributed by atoms with Gasteiger partial charge in [-0.3, -0.25) is 0 Å². The first kappa shape index (κ1) is 9.40. The third-order valence-electron chi connectivity index (χ3n) is 2.11. The van der Waals surface area contributed by atoms with Crippen molar-refractivity contribution >= 4 is 27.2 Å². The van der Waals surface area contributed by atoms with E-state index in [9.17, 15) is 0 Å². The standard InChI is InChI=1S/C10H13N3S/c1-10(2,3)8-7-6(11)4-14-9(7)13-5-12-8/h4-5H,11H2,1-3H3. The fraction of sp³-hybridized carbons (Fsp3) is 0.400. The molecule has 74 valence electrons. The molecule has 0 bridgehead atoms. The molecule has 2 heterocycles. The lowest BCUT2D eigenvalue weighted by atomic mass is 9.90. The molecule has 2 aromatic rings. The topological polar surface area (TPSA) is 51.8 Å². The molecular weight excluding hydrogens is 194 g/mol. The van der Waals surface area contributed by atoms with E-state index >= 15 is 0 Å². The van der Waals surface area contributed by atoms with E-state index in [1.165, 1.54) is 0 Å². The van der Waals surface area contributed by atoms with Gasteiger partial charge in [0.2, 0.25) is 0 Å². The SMILES string of the molecule is CC(C)(C)c1ncnc2scc(N)c12. The first-order valence-electron chi connectivity index (χ1n) is 4.48. The van der Waals surface area contributed by atoms with Gasteiger partial charge in [-0.15, -0.1) is 11.3 Å². The molecule has 0 aromatic carbocycles. The van der Waals surface area contributed by atoms with Crippen LogP contribution in [0.2, 0.25) is 0 Å². The van der Waals surface area contributed by atoms with Gasteiger partial charge in [0, 0.05) is 10.8 Å². The second-order valence-electron chi connectivity index (χ2n) is 4.34. The monoisotopic (exact) mass is 207 g/mol. The second-order valence-corrected chi connectivity index (χ2v) is 5.20. The number of rotatable bonds is 0. The molecule has 0 amide bonds. The molecule has 4 heteroatoms. The number of nitrogens with zero attached hydrogens (tertiary/aromatic N) is 2. The molecule has 2 rings (SSSR count). The number of fused-ring (bicyclic) bond motifs is 1. The Morgan fingerprint density at radius 2 is 2.00 bits per heavy atom. The van der Waals surface area contributed by atoms with E-state index in [1.807, 2.05) is 5.38 Å². The molecule has 14 heavy (non-hydrogen) atoms. The zero-order valence-corrected chi connectivity index (χ0v) is 9.35. The summed E-state index contributed by atoms with van der Waals surface area (Å²) in [4.78, 5) is 9.50. The van der Waals surface area contributed by atoms with Gasteiger partial charge in [0.25, 0.3) is 0 Å². The average molecular weight is 207 g/mol. The van der Waals surface area contributed by atoms with Crippen LogP contribution in [0.1, 0.15) is 26.5 Å². The Morgan fingerprint density at radius 3 is 2.64 bits per heavy atom. The number of anilines is 1. The van der Waals surface area contributed by atoms with E-state index in [2.05, 4.69) is 30.7 Å². The van der Waals surface area contributed by atoms with E-state index < -0.39 is 0 Å². The molecule has 0 atom stereocenters. The van der Waals surface area contributed by atoms with Gasteiger partial charge >= 0.3 is 0 Å². The second kappa shape index (κ2) is 2.92. The predicted octanol–water partition coefficient (Wildman–Crippen LogP) is 2.57. The Balaban J connectivity index is 2.82. The lowest BCUT2D eigenvalue weighted by Gasteiger charge is -2.18. The Bertz CT molecular complexity index is 468. The zero-order valence-electron chi connectivity index (χ0n) is 8.53. The van der Waals surface area contributed by atoms with Gasteiger partial charge in [-0.05, 0) is 0 Å². The van der Waals surface area contributed by atoms with E-state index in [1.54, 1.807) is 17.7 Å². The summed E-state index contributed by atoms with van der Waals surface area (Å²) >= 11 is 1.57. The van der Waals surface area contributed by atoms with Crippen LogP contribution in [0.3, 0.4) is 0 Å². The third kappa shape index (κ3) is 1.35. The van der Waals surface area contributed by atoms with Crippen LogP contribution in [0.25, 0.3) is 10.2 Å². The van der Waals surface area contributed by atoms with Crippen molar-refractivity contribution in [3.8, 4) is 0 Å². The van der Waals surface area contributed by atoms with Crippen molar-refractivity contribution in [2.24, 2.45) is 0 Å². The van der Waals surface area contributed by atoms with Gasteiger partial charge in [0.15, 0.2) is 0 Å². The van der Waals surface area contributed by atoms with Gasteiger partial charge in [0.05, 0.1) is 16.8 Å². The van der Waals surface area contributed by atoms with Gasteiger partial charge in [-0.2, -0.15) is 0 Å². The third-order valence-corrected chi connectivity index (χ3v) is 3.01. The van der Waals surface area contributed by atoms with Crippen LogP contribution >= 0.6 is 11.3 Å². The Labute approximate surface area is 87.0 Å². The molecule has 0 spiro atoms. The summed E-state index contributed by atoms with van der Waals surface area (Å²) < 4.78 is 0. The van der Waals surface area contributed by atoms with Crippen LogP contribution in [-0.2, 0) is 5.41 Å². The van der Waals surface area contributed by atoms with Crippen LogP contribution < -0.4 is 5.73 Å². The highest BCUT2D eigenvalue weighted by molar-refractivity contribution is 7.17. The average Bonchev–Trinajstić information content (AvgIpc) is 2.46. The summed E-state index contributed by atoms with van der Waals surface area (Å²) in [6, 6.07) is 0. The van der Waals surface area contributed by atoms with E-state index in [0.29, 0.717) is 0 Å². The van der Waals surface area contributed by atoms with Crippen molar-refractivity contribution in [3.63, 3.8) is 0 Å². The molecular formula is C10H13N3S. The van der Waals surface area contributed by atoms with E-state index in [-0.39, 0.29) is 5.41 Å². The molecule has 2 aromatic heterocycles. The zero-order chi connectivity index (χ0) is 10.3. The maximum absolute atomic E-state index is 5.90. The lowest BCUT2D eigenvalue weighted by Crippen LogP contribution is -2.14. The van der Waals surface area contributed by atoms with Crippen molar-refractivity contribution in [2.45, 2.75) is 26.2 Å². The highest BCUT2D eigenvalue weighted by Crippen LogP contribution is 2.33. The molecule has 2 N–H and O–H groups in total. The summed E-state index contributed by atoms with van der Waals surface area (Å²) in [5.41, 5.74) is 7.73. The minimum absolute atomic E-state index is 0.0103. The summed E-state index contributed by atoms with van der Waals surface area (Å²) in [6.45, 7) is 6.39. The normalized spacial score (nSPS) is 12.2. The van der Waals surface area contributed by atoms with Crippen molar-refractivity contribution in [3.05, 3.63) is 17.4 Å². The number of hydrogen-bond donors (Lipinski definition) is 1. The van der Waals surface area contributed by atoms with Crippen molar-refractivity contribution in [1.29, 1.82) is 0 Å². The fourth-order valence-electron chi connectivity index (χ4n) is 1.47. The number of nitrogens with two attached hydrogens (primary N) is 1. The molecule has 0 saturated heterocycles. The van der Waals surface area contributed by atoms with Gasteiger partial charge < -0.3 is 5.73 Å². The Morgan fingerprint density at radius 1 is 1.29 bits per heavy atom. The number of thiophene rings is 1. The number of hydrogen-bond acceptors (Lipinski definition) is 4. The largest absolute Gasteiger partial charge is 0.397 e.